The molecule has 0 saturated carbocycles. The summed E-state index contributed by atoms with van der Waals surface area (Å²) < 4.78 is 0. The van der Waals surface area contributed by atoms with E-state index >= 15 is 0 Å². The zero-order valence-corrected chi connectivity index (χ0v) is 17.7. The second-order valence-electron chi connectivity index (χ2n) is 9.08. The Balaban J connectivity index is 1.29. The van der Waals surface area contributed by atoms with E-state index in [0.29, 0.717) is 5.92 Å². The van der Waals surface area contributed by atoms with Crippen molar-refractivity contribution in [3.63, 3.8) is 0 Å². The molecule has 2 aromatic carbocycles. The van der Waals surface area contributed by atoms with Crippen molar-refractivity contribution in [2.75, 3.05) is 36.4 Å². The second kappa shape index (κ2) is 6.96. The minimum absolute atomic E-state index is 0.0433. The molecule has 1 saturated heterocycles. The fourth-order valence-corrected chi connectivity index (χ4v) is 5.80. The van der Waals surface area contributed by atoms with Gasteiger partial charge in [-0.1, -0.05) is 41.4 Å². The largest absolute Gasteiger partial charge is 0.360 e. The predicted molar refractivity (Wildman–Crippen MR) is 119 cm³/mol. The summed E-state index contributed by atoms with van der Waals surface area (Å²) in [6, 6.07) is 13.3. The highest BCUT2D eigenvalue weighted by Crippen LogP contribution is 2.47. The molecular weight excluding hydrogens is 366 g/mol. The minimum Gasteiger partial charge on any atom is -0.360 e. The van der Waals surface area contributed by atoms with Gasteiger partial charge < -0.3 is 10.2 Å². The molecule has 3 nitrogen and oxygen atoms in total. The van der Waals surface area contributed by atoms with Crippen molar-refractivity contribution < 1.29 is 0 Å². The number of rotatable bonds is 3. The number of piperidine rings is 1. The molecule has 5 rings (SSSR count). The molecule has 0 aromatic heterocycles. The Labute approximate surface area is 173 Å². The summed E-state index contributed by atoms with van der Waals surface area (Å²) in [5.41, 5.74) is 6.88. The highest BCUT2D eigenvalue weighted by Gasteiger charge is 2.43. The van der Waals surface area contributed by atoms with Gasteiger partial charge in [0.05, 0.1) is 11.4 Å². The number of anilines is 2. The van der Waals surface area contributed by atoms with E-state index in [1.807, 2.05) is 0 Å². The number of halogens is 1. The van der Waals surface area contributed by atoms with Crippen LogP contribution in [0.1, 0.15) is 48.8 Å². The Kier molecular flexibility index (Phi) is 4.56. The summed E-state index contributed by atoms with van der Waals surface area (Å²) in [4.78, 5) is 5.26. The molecule has 4 heteroatoms. The van der Waals surface area contributed by atoms with Crippen molar-refractivity contribution in [1.29, 1.82) is 0 Å². The number of aryl methyl sites for hydroxylation is 2. The van der Waals surface area contributed by atoms with Crippen molar-refractivity contribution in [2.45, 2.75) is 51.1 Å². The van der Waals surface area contributed by atoms with Crippen molar-refractivity contribution in [1.82, 2.24) is 4.90 Å². The minimum atomic E-state index is -0.0433. The molecular formula is C24H30ClN3. The second-order valence-corrected chi connectivity index (χ2v) is 9.52. The normalized spacial score (nSPS) is 24.9. The van der Waals surface area contributed by atoms with Gasteiger partial charge >= 0.3 is 0 Å². The van der Waals surface area contributed by atoms with Gasteiger partial charge in [0.2, 0.25) is 0 Å². The van der Waals surface area contributed by atoms with Crippen LogP contribution in [0.3, 0.4) is 0 Å². The lowest BCUT2D eigenvalue weighted by atomic mass is 9.88. The first-order chi connectivity index (χ1) is 13.5. The maximum Gasteiger partial charge on any atom is 0.120 e. The molecule has 0 bridgehead atoms. The van der Waals surface area contributed by atoms with Gasteiger partial charge in [-0.15, -0.1) is 0 Å². The molecule has 3 aliphatic heterocycles. The van der Waals surface area contributed by atoms with Crippen LogP contribution in [0.5, 0.6) is 0 Å². The maximum absolute atomic E-state index is 6.38. The smallest absolute Gasteiger partial charge is 0.120 e. The molecule has 28 heavy (non-hydrogen) atoms. The molecule has 0 amide bonds. The van der Waals surface area contributed by atoms with Crippen LogP contribution in [0.2, 0.25) is 5.02 Å². The third-order valence-electron chi connectivity index (χ3n) is 6.88. The average Bonchev–Trinajstić information content (AvgIpc) is 2.95. The first-order valence-corrected chi connectivity index (χ1v) is 11.1. The first-order valence-electron chi connectivity index (χ1n) is 10.7. The van der Waals surface area contributed by atoms with E-state index in [0.717, 1.165) is 24.5 Å². The van der Waals surface area contributed by atoms with Gasteiger partial charge in [-0.3, -0.25) is 4.90 Å². The van der Waals surface area contributed by atoms with Gasteiger partial charge in [0.1, 0.15) is 5.66 Å². The summed E-state index contributed by atoms with van der Waals surface area (Å²) in [5.74, 6) is 0.707. The predicted octanol–water partition coefficient (Wildman–Crippen LogP) is 5.42. The number of benzene rings is 2. The molecule has 2 aromatic rings. The third kappa shape index (κ3) is 3.19. The first kappa shape index (κ1) is 18.3. The van der Waals surface area contributed by atoms with Crippen LogP contribution >= 0.6 is 11.6 Å². The number of likely N-dealkylation sites (tertiary alicyclic amines) is 1. The lowest BCUT2D eigenvalue weighted by Gasteiger charge is -2.44. The van der Waals surface area contributed by atoms with Gasteiger partial charge in [0.15, 0.2) is 0 Å². The quantitative estimate of drug-likeness (QED) is 0.748. The molecule has 0 aliphatic carbocycles. The monoisotopic (exact) mass is 395 g/mol. The Hall–Kier alpha value is -1.71. The van der Waals surface area contributed by atoms with E-state index in [4.69, 9.17) is 11.6 Å². The Morgan fingerprint density at radius 2 is 1.96 bits per heavy atom. The van der Waals surface area contributed by atoms with Crippen molar-refractivity contribution in [2.24, 2.45) is 0 Å². The lowest BCUT2D eigenvalue weighted by Crippen LogP contribution is -2.57. The van der Waals surface area contributed by atoms with E-state index in [1.165, 1.54) is 60.4 Å². The fourth-order valence-electron chi connectivity index (χ4n) is 5.56. The Bertz CT molecular complexity index is 887. The third-order valence-corrected chi connectivity index (χ3v) is 7.10. The molecule has 1 fully saturated rings. The molecule has 0 radical (unpaired) electrons. The van der Waals surface area contributed by atoms with E-state index in [9.17, 15) is 0 Å². The molecule has 1 unspecified atom stereocenters. The molecule has 1 atom stereocenters. The van der Waals surface area contributed by atoms with Crippen molar-refractivity contribution in [3.05, 3.63) is 58.1 Å². The molecule has 3 heterocycles. The highest BCUT2D eigenvalue weighted by molar-refractivity contribution is 6.31. The number of hydrogen-bond acceptors (Lipinski definition) is 3. The molecule has 1 N–H and O–H groups in total. The molecule has 0 spiro atoms. The van der Waals surface area contributed by atoms with Crippen LogP contribution in [0.15, 0.2) is 36.4 Å². The zero-order valence-electron chi connectivity index (χ0n) is 17.0. The summed E-state index contributed by atoms with van der Waals surface area (Å²) in [6.45, 7) is 9.09. The van der Waals surface area contributed by atoms with E-state index < -0.39 is 0 Å². The Morgan fingerprint density at radius 1 is 1.14 bits per heavy atom. The lowest BCUT2D eigenvalue weighted by molar-refractivity contribution is 0.179. The van der Waals surface area contributed by atoms with Crippen LogP contribution in [0.25, 0.3) is 0 Å². The van der Waals surface area contributed by atoms with Gasteiger partial charge in [0, 0.05) is 18.1 Å². The van der Waals surface area contributed by atoms with E-state index in [1.54, 1.807) is 0 Å². The standard InChI is InChI=1S/C24H30ClN3/c1-17-5-3-6-19(13-17)18-8-11-27(12-9-18)16-24(2)26-22-15-21(25)14-20-7-4-10-28(24)23(20)22/h3,5-6,13-15,18,26H,4,7-12,16H2,1-2H3. The number of nitrogens with one attached hydrogen (secondary N) is 1. The van der Waals surface area contributed by atoms with Crippen LogP contribution < -0.4 is 10.2 Å². The van der Waals surface area contributed by atoms with Crippen molar-refractivity contribution >= 4 is 23.0 Å². The molecule has 148 valence electrons. The number of nitrogens with zero attached hydrogens (tertiary/aromatic N) is 2. The van der Waals surface area contributed by atoms with E-state index in [-0.39, 0.29) is 5.66 Å². The van der Waals surface area contributed by atoms with Gasteiger partial charge in [-0.2, -0.15) is 0 Å². The maximum atomic E-state index is 6.38. The van der Waals surface area contributed by atoms with Crippen molar-refractivity contribution in [3.8, 4) is 0 Å². The van der Waals surface area contributed by atoms with E-state index in [2.05, 4.69) is 65.4 Å². The molecule has 3 aliphatic rings. The van der Waals surface area contributed by atoms with Crippen LogP contribution in [-0.2, 0) is 6.42 Å². The zero-order chi connectivity index (χ0) is 19.3. The number of hydrogen-bond donors (Lipinski definition) is 1. The van der Waals surface area contributed by atoms with Crippen LogP contribution in [0.4, 0.5) is 11.4 Å². The Morgan fingerprint density at radius 3 is 2.75 bits per heavy atom. The van der Waals surface area contributed by atoms with Gasteiger partial charge in [-0.25, -0.2) is 0 Å². The van der Waals surface area contributed by atoms with Crippen LogP contribution in [0, 0.1) is 6.92 Å². The fraction of sp³-hybridized carbons (Fsp3) is 0.500. The van der Waals surface area contributed by atoms with Crippen LogP contribution in [-0.4, -0.2) is 36.7 Å². The van der Waals surface area contributed by atoms with Gasteiger partial charge in [-0.05, 0) is 81.8 Å². The van der Waals surface area contributed by atoms with Gasteiger partial charge in [0.25, 0.3) is 0 Å². The summed E-state index contributed by atoms with van der Waals surface area (Å²) in [6.07, 6.45) is 4.85. The highest BCUT2D eigenvalue weighted by atomic mass is 35.5. The topological polar surface area (TPSA) is 18.5 Å². The SMILES string of the molecule is Cc1cccc(C2CCN(CC3(C)Nc4cc(Cl)cc5c4N3CCC5)CC2)c1. The summed E-state index contributed by atoms with van der Waals surface area (Å²) in [5, 5.41) is 4.68. The summed E-state index contributed by atoms with van der Waals surface area (Å²) in [7, 11) is 0. The summed E-state index contributed by atoms with van der Waals surface area (Å²) >= 11 is 6.38. The average molecular weight is 396 g/mol.